The van der Waals surface area contributed by atoms with Gasteiger partial charge in [0, 0.05) is 18.3 Å². The standard InChI is InChI=1S/C12H15F2NO2S/c1-2-18-7-3-6-15-9-4-5-10-11(8-9)17-12(13,14)16-10/h4-5,8,15H,2-3,6-7H2,1H3. The van der Waals surface area contributed by atoms with Crippen LogP contribution in [0.25, 0.3) is 0 Å². The van der Waals surface area contributed by atoms with E-state index in [9.17, 15) is 8.78 Å². The monoisotopic (exact) mass is 275 g/mol. The predicted molar refractivity (Wildman–Crippen MR) is 68.8 cm³/mol. The van der Waals surface area contributed by atoms with Crippen LogP contribution in [0, 0.1) is 0 Å². The van der Waals surface area contributed by atoms with Crippen molar-refractivity contribution in [1.29, 1.82) is 0 Å². The van der Waals surface area contributed by atoms with Crippen LogP contribution in [0.5, 0.6) is 11.5 Å². The maximum Gasteiger partial charge on any atom is 0.586 e. The normalized spacial score (nSPS) is 15.7. The number of thioether (sulfide) groups is 1. The molecule has 0 unspecified atom stereocenters. The molecule has 0 aromatic heterocycles. The molecule has 1 N–H and O–H groups in total. The summed E-state index contributed by atoms with van der Waals surface area (Å²) in [6.07, 6.45) is -2.51. The van der Waals surface area contributed by atoms with Crippen molar-refractivity contribution < 1.29 is 18.3 Å². The fourth-order valence-corrected chi connectivity index (χ4v) is 2.25. The van der Waals surface area contributed by atoms with Crippen LogP contribution in [0.4, 0.5) is 14.5 Å². The summed E-state index contributed by atoms with van der Waals surface area (Å²) in [5.74, 6) is 2.35. The molecule has 0 saturated heterocycles. The maximum atomic E-state index is 12.8. The van der Waals surface area contributed by atoms with Crippen LogP contribution >= 0.6 is 11.8 Å². The third-order valence-corrected chi connectivity index (χ3v) is 3.39. The Kier molecular flexibility index (Phi) is 4.16. The van der Waals surface area contributed by atoms with Crippen LogP contribution in [0.2, 0.25) is 0 Å². The van der Waals surface area contributed by atoms with Gasteiger partial charge in [-0.15, -0.1) is 8.78 Å². The summed E-state index contributed by atoms with van der Waals surface area (Å²) >= 11 is 1.88. The molecule has 1 heterocycles. The number of benzene rings is 1. The number of halogens is 2. The van der Waals surface area contributed by atoms with Gasteiger partial charge in [0.05, 0.1) is 0 Å². The molecule has 0 amide bonds. The highest BCUT2D eigenvalue weighted by Gasteiger charge is 2.43. The largest absolute Gasteiger partial charge is 0.586 e. The number of hydrogen-bond donors (Lipinski definition) is 1. The van der Waals surface area contributed by atoms with E-state index in [2.05, 4.69) is 21.7 Å². The summed E-state index contributed by atoms with van der Waals surface area (Å²) in [6, 6.07) is 4.72. The van der Waals surface area contributed by atoms with Gasteiger partial charge in [0.2, 0.25) is 0 Å². The molecule has 1 aliphatic rings. The summed E-state index contributed by atoms with van der Waals surface area (Å²) in [4.78, 5) is 0. The molecule has 0 radical (unpaired) electrons. The first-order valence-corrected chi connectivity index (χ1v) is 6.98. The highest BCUT2D eigenvalue weighted by atomic mass is 32.2. The molecule has 0 spiro atoms. The SMILES string of the molecule is CCSCCCNc1ccc2c(c1)OC(F)(F)O2. The third-order valence-electron chi connectivity index (χ3n) is 2.40. The number of anilines is 1. The van der Waals surface area contributed by atoms with E-state index >= 15 is 0 Å². The number of rotatable bonds is 6. The van der Waals surface area contributed by atoms with Crippen molar-refractivity contribution in [3.05, 3.63) is 18.2 Å². The lowest BCUT2D eigenvalue weighted by atomic mass is 10.2. The Morgan fingerprint density at radius 1 is 1.28 bits per heavy atom. The zero-order valence-corrected chi connectivity index (χ0v) is 10.9. The van der Waals surface area contributed by atoms with Gasteiger partial charge in [-0.25, -0.2) is 0 Å². The molecule has 0 aliphatic carbocycles. The van der Waals surface area contributed by atoms with Crippen LogP contribution in [0.15, 0.2) is 18.2 Å². The van der Waals surface area contributed by atoms with Crippen LogP contribution in [0.1, 0.15) is 13.3 Å². The lowest BCUT2D eigenvalue weighted by Gasteiger charge is -2.06. The Morgan fingerprint density at radius 2 is 2.06 bits per heavy atom. The second kappa shape index (κ2) is 5.65. The molecule has 0 fully saturated rings. The molecule has 0 atom stereocenters. The van der Waals surface area contributed by atoms with E-state index in [0.717, 1.165) is 30.2 Å². The third kappa shape index (κ3) is 3.41. The first kappa shape index (κ1) is 13.3. The van der Waals surface area contributed by atoms with E-state index in [0.29, 0.717) is 0 Å². The van der Waals surface area contributed by atoms with Gasteiger partial charge in [-0.05, 0) is 30.1 Å². The van der Waals surface area contributed by atoms with Crippen molar-refractivity contribution in [2.24, 2.45) is 0 Å². The van der Waals surface area contributed by atoms with Gasteiger partial charge < -0.3 is 14.8 Å². The zero-order valence-electron chi connectivity index (χ0n) is 10.0. The minimum Gasteiger partial charge on any atom is -0.395 e. The molecule has 1 aromatic carbocycles. The van der Waals surface area contributed by atoms with Gasteiger partial charge in [0.15, 0.2) is 11.5 Å². The molecule has 18 heavy (non-hydrogen) atoms. The molecule has 100 valence electrons. The predicted octanol–water partition coefficient (Wildman–Crippen LogP) is 3.56. The molecular weight excluding hydrogens is 260 g/mol. The Bertz CT molecular complexity index is 415. The maximum absolute atomic E-state index is 12.8. The smallest absolute Gasteiger partial charge is 0.395 e. The molecule has 3 nitrogen and oxygen atoms in total. The van der Waals surface area contributed by atoms with E-state index in [1.165, 1.54) is 12.1 Å². The van der Waals surface area contributed by atoms with Crippen molar-refractivity contribution in [2.45, 2.75) is 19.6 Å². The van der Waals surface area contributed by atoms with E-state index in [1.807, 2.05) is 11.8 Å². The van der Waals surface area contributed by atoms with Gasteiger partial charge in [-0.3, -0.25) is 0 Å². The molecule has 2 rings (SSSR count). The van der Waals surface area contributed by atoms with Gasteiger partial charge in [-0.1, -0.05) is 6.92 Å². The second-order valence-electron chi connectivity index (χ2n) is 3.81. The fraction of sp³-hybridized carbons (Fsp3) is 0.500. The molecule has 0 bridgehead atoms. The summed E-state index contributed by atoms with van der Waals surface area (Å²) in [5, 5.41) is 3.17. The fourth-order valence-electron chi connectivity index (χ4n) is 1.61. The van der Waals surface area contributed by atoms with E-state index in [1.54, 1.807) is 6.07 Å². The van der Waals surface area contributed by atoms with Crippen LogP contribution in [-0.2, 0) is 0 Å². The van der Waals surface area contributed by atoms with Crippen LogP contribution in [-0.4, -0.2) is 24.3 Å². The highest BCUT2D eigenvalue weighted by molar-refractivity contribution is 7.99. The Hall–Kier alpha value is -1.17. The summed E-state index contributed by atoms with van der Waals surface area (Å²) < 4.78 is 34.3. The Morgan fingerprint density at radius 3 is 2.83 bits per heavy atom. The average Bonchev–Trinajstić information content (AvgIpc) is 2.62. The zero-order chi connectivity index (χ0) is 13.0. The molecule has 1 aliphatic heterocycles. The number of hydrogen-bond acceptors (Lipinski definition) is 4. The lowest BCUT2D eigenvalue weighted by Crippen LogP contribution is -2.25. The molecule has 6 heteroatoms. The minimum atomic E-state index is -3.54. The number of fused-ring (bicyclic) bond motifs is 1. The molecule has 1 aromatic rings. The van der Waals surface area contributed by atoms with Crippen LogP contribution < -0.4 is 14.8 Å². The van der Waals surface area contributed by atoms with Gasteiger partial charge in [-0.2, -0.15) is 11.8 Å². The van der Waals surface area contributed by atoms with Crippen molar-refractivity contribution >= 4 is 17.4 Å². The number of nitrogens with one attached hydrogen (secondary N) is 1. The topological polar surface area (TPSA) is 30.5 Å². The summed E-state index contributed by atoms with van der Waals surface area (Å²) in [7, 11) is 0. The average molecular weight is 275 g/mol. The minimum absolute atomic E-state index is 0.0760. The Balaban J connectivity index is 1.85. The van der Waals surface area contributed by atoms with E-state index < -0.39 is 6.29 Å². The molecule has 0 saturated carbocycles. The first-order valence-electron chi connectivity index (χ1n) is 5.82. The molecular formula is C12H15F2NO2S. The van der Waals surface area contributed by atoms with Crippen molar-refractivity contribution in [3.63, 3.8) is 0 Å². The van der Waals surface area contributed by atoms with Crippen molar-refractivity contribution in [2.75, 3.05) is 23.4 Å². The van der Waals surface area contributed by atoms with Gasteiger partial charge in [0.1, 0.15) is 0 Å². The summed E-state index contributed by atoms with van der Waals surface area (Å²) in [6.45, 7) is 2.93. The summed E-state index contributed by atoms with van der Waals surface area (Å²) in [5.41, 5.74) is 0.761. The lowest BCUT2D eigenvalue weighted by molar-refractivity contribution is -0.286. The van der Waals surface area contributed by atoms with Crippen molar-refractivity contribution in [3.8, 4) is 11.5 Å². The van der Waals surface area contributed by atoms with Crippen LogP contribution in [0.3, 0.4) is 0 Å². The quantitative estimate of drug-likeness (QED) is 0.804. The van der Waals surface area contributed by atoms with Crippen molar-refractivity contribution in [1.82, 2.24) is 0 Å². The number of ether oxygens (including phenoxy) is 2. The van der Waals surface area contributed by atoms with Gasteiger partial charge >= 0.3 is 6.29 Å². The van der Waals surface area contributed by atoms with E-state index in [4.69, 9.17) is 0 Å². The van der Waals surface area contributed by atoms with E-state index in [-0.39, 0.29) is 11.5 Å². The van der Waals surface area contributed by atoms with Gasteiger partial charge in [0.25, 0.3) is 0 Å². The number of alkyl halides is 2. The second-order valence-corrected chi connectivity index (χ2v) is 5.20. The highest BCUT2D eigenvalue weighted by Crippen LogP contribution is 2.42. The Labute approximate surface area is 109 Å². The first-order chi connectivity index (χ1) is 8.61.